The van der Waals surface area contributed by atoms with Crippen LogP contribution in [0.5, 0.6) is 0 Å². The maximum absolute atomic E-state index is 4.17. The van der Waals surface area contributed by atoms with E-state index in [0.717, 1.165) is 36.8 Å². The Hall–Kier alpha value is -0.510. The van der Waals surface area contributed by atoms with Crippen LogP contribution in [0.2, 0.25) is 0 Å². The van der Waals surface area contributed by atoms with Crippen molar-refractivity contribution in [1.82, 2.24) is 15.0 Å². The second-order valence-electron chi connectivity index (χ2n) is 3.70. The number of nitrogens with zero attached hydrogens (tertiary/aromatic N) is 3. The third-order valence-electron chi connectivity index (χ3n) is 2.32. The number of aromatic nitrogens is 3. The first-order valence-corrected chi connectivity index (χ1v) is 5.51. The highest BCUT2D eigenvalue weighted by atomic mass is 32.1. The average molecular weight is 197 g/mol. The summed E-state index contributed by atoms with van der Waals surface area (Å²) in [5, 5.41) is 8.20. The van der Waals surface area contributed by atoms with Crippen molar-refractivity contribution in [1.29, 1.82) is 0 Å². The van der Waals surface area contributed by atoms with E-state index in [2.05, 4.69) is 29.1 Å². The highest BCUT2D eigenvalue weighted by Crippen LogP contribution is 2.30. The molecular weight excluding hydrogens is 182 g/mol. The van der Waals surface area contributed by atoms with Gasteiger partial charge in [-0.2, -0.15) is 12.6 Å². The van der Waals surface area contributed by atoms with E-state index in [-0.39, 0.29) is 0 Å². The lowest BCUT2D eigenvalue weighted by atomic mass is 10.3. The van der Waals surface area contributed by atoms with Crippen molar-refractivity contribution in [2.75, 3.05) is 5.75 Å². The van der Waals surface area contributed by atoms with Gasteiger partial charge in [0, 0.05) is 12.7 Å². The summed E-state index contributed by atoms with van der Waals surface area (Å²) in [6.45, 7) is 1.06. The summed E-state index contributed by atoms with van der Waals surface area (Å²) >= 11 is 4.17. The van der Waals surface area contributed by atoms with Gasteiger partial charge in [-0.1, -0.05) is 5.21 Å². The number of hydrogen-bond acceptors (Lipinski definition) is 3. The SMILES string of the molecule is SCCCc1cn(CC2CC2)nn1. The number of rotatable bonds is 5. The summed E-state index contributed by atoms with van der Waals surface area (Å²) < 4.78 is 1.98. The van der Waals surface area contributed by atoms with Crippen molar-refractivity contribution in [3.8, 4) is 0 Å². The van der Waals surface area contributed by atoms with Crippen molar-refractivity contribution in [2.24, 2.45) is 5.92 Å². The molecule has 1 aromatic heterocycles. The predicted octanol–water partition coefficient (Wildman–Crippen LogP) is 1.55. The molecule has 0 unspecified atom stereocenters. The lowest BCUT2D eigenvalue weighted by Crippen LogP contribution is -1.99. The van der Waals surface area contributed by atoms with Crippen molar-refractivity contribution in [2.45, 2.75) is 32.2 Å². The molecule has 0 amide bonds. The quantitative estimate of drug-likeness (QED) is 0.726. The van der Waals surface area contributed by atoms with Gasteiger partial charge in [0.15, 0.2) is 0 Å². The highest BCUT2D eigenvalue weighted by Gasteiger charge is 2.22. The van der Waals surface area contributed by atoms with Gasteiger partial charge in [-0.05, 0) is 37.4 Å². The molecule has 1 aliphatic rings. The van der Waals surface area contributed by atoms with Gasteiger partial charge in [0.25, 0.3) is 0 Å². The lowest BCUT2D eigenvalue weighted by Gasteiger charge is -1.94. The molecule has 0 bridgehead atoms. The third kappa shape index (κ3) is 2.72. The Morgan fingerprint density at radius 3 is 3.08 bits per heavy atom. The van der Waals surface area contributed by atoms with Gasteiger partial charge < -0.3 is 0 Å². The van der Waals surface area contributed by atoms with Crippen molar-refractivity contribution in [3.05, 3.63) is 11.9 Å². The van der Waals surface area contributed by atoms with E-state index in [0.29, 0.717) is 0 Å². The summed E-state index contributed by atoms with van der Waals surface area (Å²) in [6, 6.07) is 0. The number of aryl methyl sites for hydroxylation is 1. The third-order valence-corrected chi connectivity index (χ3v) is 2.64. The maximum Gasteiger partial charge on any atom is 0.0827 e. The molecule has 0 saturated heterocycles. The molecule has 4 heteroatoms. The molecule has 3 nitrogen and oxygen atoms in total. The zero-order chi connectivity index (χ0) is 9.10. The molecule has 1 aliphatic carbocycles. The Morgan fingerprint density at radius 2 is 2.38 bits per heavy atom. The molecule has 0 aliphatic heterocycles. The van der Waals surface area contributed by atoms with Crippen molar-refractivity contribution >= 4 is 12.6 Å². The molecule has 0 spiro atoms. The summed E-state index contributed by atoms with van der Waals surface area (Å²) in [4.78, 5) is 0. The van der Waals surface area contributed by atoms with Crippen LogP contribution in [-0.2, 0) is 13.0 Å². The summed E-state index contributed by atoms with van der Waals surface area (Å²) in [7, 11) is 0. The molecule has 1 aromatic rings. The van der Waals surface area contributed by atoms with E-state index in [1.165, 1.54) is 12.8 Å². The average Bonchev–Trinajstić information content (AvgIpc) is 2.81. The first-order chi connectivity index (χ1) is 6.38. The molecule has 0 N–H and O–H groups in total. The Bertz CT molecular complexity index is 268. The minimum atomic E-state index is 0.874. The molecule has 2 rings (SSSR count). The van der Waals surface area contributed by atoms with Gasteiger partial charge in [-0.15, -0.1) is 5.10 Å². The van der Waals surface area contributed by atoms with Crippen LogP contribution < -0.4 is 0 Å². The van der Waals surface area contributed by atoms with Crippen molar-refractivity contribution < 1.29 is 0 Å². The van der Waals surface area contributed by atoms with E-state index >= 15 is 0 Å². The molecule has 13 heavy (non-hydrogen) atoms. The van der Waals surface area contributed by atoms with Crippen LogP contribution in [-0.4, -0.2) is 20.7 Å². The standard InChI is InChI=1S/C9H15N3S/c13-5-1-2-9-7-12(11-10-9)6-8-3-4-8/h7-8,13H,1-6H2. The van der Waals surface area contributed by atoms with Crippen LogP contribution in [0.25, 0.3) is 0 Å². The van der Waals surface area contributed by atoms with Gasteiger partial charge in [-0.3, -0.25) is 4.68 Å². The Labute approximate surface area is 83.9 Å². The highest BCUT2D eigenvalue weighted by molar-refractivity contribution is 7.80. The van der Waals surface area contributed by atoms with Gasteiger partial charge >= 0.3 is 0 Å². The first-order valence-electron chi connectivity index (χ1n) is 4.88. The Morgan fingerprint density at radius 1 is 1.54 bits per heavy atom. The fraction of sp³-hybridized carbons (Fsp3) is 0.778. The zero-order valence-electron chi connectivity index (χ0n) is 7.69. The predicted molar refractivity (Wildman–Crippen MR) is 54.9 cm³/mol. The minimum absolute atomic E-state index is 0.874. The van der Waals surface area contributed by atoms with Crippen LogP contribution >= 0.6 is 12.6 Å². The number of hydrogen-bond donors (Lipinski definition) is 1. The molecule has 0 radical (unpaired) electrons. The molecule has 1 fully saturated rings. The van der Waals surface area contributed by atoms with E-state index < -0.39 is 0 Å². The molecule has 0 atom stereocenters. The normalized spacial score (nSPS) is 16.4. The molecule has 0 aromatic carbocycles. The summed E-state index contributed by atoms with van der Waals surface area (Å²) in [5.74, 6) is 1.80. The molecule has 1 saturated carbocycles. The maximum atomic E-state index is 4.17. The minimum Gasteiger partial charge on any atom is -0.252 e. The second kappa shape index (κ2) is 4.13. The fourth-order valence-corrected chi connectivity index (χ4v) is 1.53. The van der Waals surface area contributed by atoms with Crippen LogP contribution in [0.1, 0.15) is 25.0 Å². The van der Waals surface area contributed by atoms with Gasteiger partial charge in [0.2, 0.25) is 0 Å². The van der Waals surface area contributed by atoms with Gasteiger partial charge in [0.05, 0.1) is 5.69 Å². The first kappa shape index (κ1) is 9.06. The van der Waals surface area contributed by atoms with Crippen LogP contribution in [0.4, 0.5) is 0 Å². The molecular formula is C9H15N3S. The van der Waals surface area contributed by atoms with E-state index in [1.54, 1.807) is 0 Å². The van der Waals surface area contributed by atoms with Crippen LogP contribution in [0.3, 0.4) is 0 Å². The summed E-state index contributed by atoms with van der Waals surface area (Å²) in [6.07, 6.45) is 6.90. The van der Waals surface area contributed by atoms with Crippen molar-refractivity contribution in [3.63, 3.8) is 0 Å². The molecule has 1 heterocycles. The zero-order valence-corrected chi connectivity index (χ0v) is 8.58. The Balaban J connectivity index is 1.84. The lowest BCUT2D eigenvalue weighted by molar-refractivity contribution is 0.544. The van der Waals surface area contributed by atoms with Crippen LogP contribution in [0, 0.1) is 5.92 Å². The molecule has 72 valence electrons. The topological polar surface area (TPSA) is 30.7 Å². The summed E-state index contributed by atoms with van der Waals surface area (Å²) in [5.41, 5.74) is 1.11. The van der Waals surface area contributed by atoms with E-state index in [9.17, 15) is 0 Å². The van der Waals surface area contributed by atoms with Gasteiger partial charge in [0.1, 0.15) is 0 Å². The fourth-order valence-electron chi connectivity index (χ4n) is 1.37. The monoisotopic (exact) mass is 197 g/mol. The Kier molecular flexibility index (Phi) is 2.88. The number of thiol groups is 1. The van der Waals surface area contributed by atoms with Gasteiger partial charge in [-0.25, -0.2) is 0 Å². The largest absolute Gasteiger partial charge is 0.252 e. The van der Waals surface area contributed by atoms with Crippen LogP contribution in [0.15, 0.2) is 6.20 Å². The van der Waals surface area contributed by atoms with E-state index in [4.69, 9.17) is 0 Å². The smallest absolute Gasteiger partial charge is 0.0827 e. The second-order valence-corrected chi connectivity index (χ2v) is 4.15. The van der Waals surface area contributed by atoms with E-state index in [1.807, 2.05) is 4.68 Å².